The Labute approximate surface area is 117 Å². The number of H-pyrrole nitrogens is 1. The number of hydrogen-bond donors (Lipinski definition) is 1. The van der Waals surface area contributed by atoms with E-state index >= 15 is 0 Å². The number of fused-ring (bicyclic) bond motifs is 1. The number of halogens is 1. The zero-order chi connectivity index (χ0) is 13.2. The van der Waals surface area contributed by atoms with E-state index in [2.05, 4.69) is 35.8 Å². The second kappa shape index (κ2) is 5.40. The lowest BCUT2D eigenvalue weighted by molar-refractivity contribution is 0.0364. The first-order valence-electron chi connectivity index (χ1n) is 6.15. The van der Waals surface area contributed by atoms with Crippen molar-refractivity contribution in [2.75, 3.05) is 32.8 Å². The average molecular weight is 328 g/mol. The maximum atomic E-state index is 11.9. The molecule has 1 aliphatic heterocycles. The fraction of sp³-hybridized carbons (Fsp3) is 0.545. The van der Waals surface area contributed by atoms with Crippen LogP contribution in [0.15, 0.2) is 15.6 Å². The van der Waals surface area contributed by atoms with Crippen LogP contribution >= 0.6 is 15.9 Å². The number of imidazole rings is 1. The number of nitrogens with zero attached hydrogens (tertiary/aromatic N) is 4. The van der Waals surface area contributed by atoms with E-state index in [0.29, 0.717) is 22.4 Å². The summed E-state index contributed by atoms with van der Waals surface area (Å²) in [6, 6.07) is 0. The molecule has 0 atom stereocenters. The van der Waals surface area contributed by atoms with E-state index in [9.17, 15) is 4.79 Å². The molecule has 3 heterocycles. The van der Waals surface area contributed by atoms with Gasteiger partial charge in [0.1, 0.15) is 4.60 Å². The molecule has 0 aromatic carbocycles. The zero-order valence-electron chi connectivity index (χ0n) is 10.3. The van der Waals surface area contributed by atoms with Gasteiger partial charge in [-0.25, -0.2) is 14.8 Å². The molecule has 1 fully saturated rings. The first kappa shape index (κ1) is 12.8. The van der Waals surface area contributed by atoms with E-state index in [-0.39, 0.29) is 5.69 Å². The summed E-state index contributed by atoms with van der Waals surface area (Å²) in [6.45, 7) is 4.75. The predicted octanol–water partition coefficient (Wildman–Crippen LogP) is 0.214. The summed E-state index contributed by atoms with van der Waals surface area (Å²) in [6.07, 6.45) is 1.57. The summed E-state index contributed by atoms with van der Waals surface area (Å²) in [5.41, 5.74) is 0.948. The lowest BCUT2D eigenvalue weighted by Crippen LogP contribution is -2.39. The molecule has 2 aromatic rings. The van der Waals surface area contributed by atoms with Gasteiger partial charge in [0, 0.05) is 26.2 Å². The number of morpholine rings is 1. The molecule has 0 spiro atoms. The quantitative estimate of drug-likeness (QED) is 0.872. The highest BCUT2D eigenvalue weighted by molar-refractivity contribution is 9.10. The molecule has 0 unspecified atom stereocenters. The molecular weight excluding hydrogens is 314 g/mol. The molecule has 0 radical (unpaired) electrons. The molecule has 8 heteroatoms. The Morgan fingerprint density at radius 2 is 2.16 bits per heavy atom. The highest BCUT2D eigenvalue weighted by Crippen LogP contribution is 2.09. The standard InChI is InChI=1S/C11H14BrN5O2/c12-8-7-13-9-10(14-8)17(11(18)15-9)2-1-16-3-5-19-6-4-16/h7H,1-6H2,(H,13,15,18). The largest absolute Gasteiger partial charge is 0.379 e. The van der Waals surface area contributed by atoms with Crippen LogP contribution in [0.3, 0.4) is 0 Å². The van der Waals surface area contributed by atoms with Gasteiger partial charge in [0.25, 0.3) is 0 Å². The van der Waals surface area contributed by atoms with Gasteiger partial charge in [-0.05, 0) is 15.9 Å². The third-order valence-corrected chi connectivity index (χ3v) is 3.58. The summed E-state index contributed by atoms with van der Waals surface area (Å²) >= 11 is 3.27. The van der Waals surface area contributed by atoms with E-state index in [1.165, 1.54) is 0 Å². The van der Waals surface area contributed by atoms with Crippen LogP contribution in [-0.4, -0.2) is 57.3 Å². The van der Waals surface area contributed by atoms with Crippen LogP contribution in [-0.2, 0) is 11.3 Å². The van der Waals surface area contributed by atoms with Gasteiger partial charge in [-0.2, -0.15) is 0 Å². The van der Waals surface area contributed by atoms with Crippen LogP contribution in [0.25, 0.3) is 11.3 Å². The number of hydrogen-bond acceptors (Lipinski definition) is 5. The van der Waals surface area contributed by atoms with E-state index in [1.807, 2.05) is 0 Å². The van der Waals surface area contributed by atoms with Crippen molar-refractivity contribution in [3.8, 4) is 0 Å². The maximum absolute atomic E-state index is 11.9. The predicted molar refractivity (Wildman–Crippen MR) is 73.1 cm³/mol. The molecule has 1 aliphatic rings. The van der Waals surface area contributed by atoms with Crippen LogP contribution in [0.4, 0.5) is 0 Å². The Bertz CT molecular complexity index is 632. The number of nitrogens with one attached hydrogen (secondary N) is 1. The Hall–Kier alpha value is -1.25. The smallest absolute Gasteiger partial charge is 0.328 e. The van der Waals surface area contributed by atoms with Gasteiger partial charge in [-0.15, -0.1) is 0 Å². The average Bonchev–Trinajstić information content (AvgIpc) is 2.73. The Morgan fingerprint density at radius 1 is 1.37 bits per heavy atom. The van der Waals surface area contributed by atoms with Crippen molar-refractivity contribution in [1.82, 2.24) is 24.4 Å². The summed E-state index contributed by atoms with van der Waals surface area (Å²) in [5.74, 6) is 0. The fourth-order valence-corrected chi connectivity index (χ4v) is 2.44. The van der Waals surface area contributed by atoms with E-state index in [4.69, 9.17) is 4.74 Å². The molecule has 0 amide bonds. The van der Waals surface area contributed by atoms with Crippen LogP contribution < -0.4 is 5.69 Å². The number of aromatic nitrogens is 4. The summed E-state index contributed by atoms with van der Waals surface area (Å²) in [7, 11) is 0. The van der Waals surface area contributed by atoms with Crippen molar-refractivity contribution >= 4 is 27.2 Å². The number of ether oxygens (including phenoxy) is 1. The van der Waals surface area contributed by atoms with Crippen molar-refractivity contribution < 1.29 is 4.74 Å². The topological polar surface area (TPSA) is 76.0 Å². The molecule has 7 nitrogen and oxygen atoms in total. The molecule has 102 valence electrons. The van der Waals surface area contributed by atoms with Crippen LogP contribution in [0.2, 0.25) is 0 Å². The Morgan fingerprint density at radius 3 is 2.95 bits per heavy atom. The highest BCUT2D eigenvalue weighted by atomic mass is 79.9. The third kappa shape index (κ3) is 2.70. The molecule has 1 N–H and O–H groups in total. The Balaban J connectivity index is 1.81. The van der Waals surface area contributed by atoms with E-state index in [0.717, 1.165) is 32.8 Å². The first-order chi connectivity index (χ1) is 9.24. The maximum Gasteiger partial charge on any atom is 0.328 e. The number of rotatable bonds is 3. The van der Waals surface area contributed by atoms with Gasteiger partial charge in [-0.1, -0.05) is 0 Å². The molecule has 0 saturated carbocycles. The van der Waals surface area contributed by atoms with E-state index in [1.54, 1.807) is 10.8 Å². The van der Waals surface area contributed by atoms with Gasteiger partial charge < -0.3 is 4.74 Å². The van der Waals surface area contributed by atoms with Crippen LogP contribution in [0, 0.1) is 0 Å². The molecule has 3 rings (SSSR count). The minimum absolute atomic E-state index is 0.165. The Kier molecular flexibility index (Phi) is 3.63. The summed E-state index contributed by atoms with van der Waals surface area (Å²) in [5, 5.41) is 0. The number of aromatic amines is 1. The summed E-state index contributed by atoms with van der Waals surface area (Å²) < 4.78 is 7.55. The third-order valence-electron chi connectivity index (χ3n) is 3.19. The molecular formula is C11H14BrN5O2. The van der Waals surface area contributed by atoms with Gasteiger partial charge in [0.15, 0.2) is 11.3 Å². The van der Waals surface area contributed by atoms with Crippen molar-refractivity contribution in [2.45, 2.75) is 6.54 Å². The van der Waals surface area contributed by atoms with Gasteiger partial charge in [0.2, 0.25) is 0 Å². The van der Waals surface area contributed by atoms with Crippen LogP contribution in [0.5, 0.6) is 0 Å². The first-order valence-corrected chi connectivity index (χ1v) is 6.94. The fourth-order valence-electron chi connectivity index (χ4n) is 2.17. The van der Waals surface area contributed by atoms with Gasteiger partial charge in [-0.3, -0.25) is 14.5 Å². The minimum Gasteiger partial charge on any atom is -0.379 e. The van der Waals surface area contributed by atoms with Gasteiger partial charge >= 0.3 is 5.69 Å². The highest BCUT2D eigenvalue weighted by Gasteiger charge is 2.13. The van der Waals surface area contributed by atoms with E-state index < -0.39 is 0 Å². The summed E-state index contributed by atoms with van der Waals surface area (Å²) in [4.78, 5) is 25.3. The minimum atomic E-state index is -0.165. The lowest BCUT2D eigenvalue weighted by atomic mass is 10.4. The normalized spacial score (nSPS) is 17.1. The van der Waals surface area contributed by atoms with Crippen molar-refractivity contribution in [3.63, 3.8) is 0 Å². The second-order valence-electron chi connectivity index (χ2n) is 4.40. The molecule has 0 aliphatic carbocycles. The zero-order valence-corrected chi connectivity index (χ0v) is 11.9. The molecule has 2 aromatic heterocycles. The van der Waals surface area contributed by atoms with Crippen LogP contribution in [0.1, 0.15) is 0 Å². The SMILES string of the molecule is O=c1[nH]c2ncc(Br)nc2n1CCN1CCOCC1. The van der Waals surface area contributed by atoms with Crippen molar-refractivity contribution in [3.05, 3.63) is 21.3 Å². The van der Waals surface area contributed by atoms with Gasteiger partial charge in [0.05, 0.1) is 19.4 Å². The lowest BCUT2D eigenvalue weighted by Gasteiger charge is -2.26. The van der Waals surface area contributed by atoms with Crippen molar-refractivity contribution in [1.29, 1.82) is 0 Å². The second-order valence-corrected chi connectivity index (χ2v) is 5.21. The molecule has 0 bridgehead atoms. The van der Waals surface area contributed by atoms with Crippen molar-refractivity contribution in [2.24, 2.45) is 0 Å². The monoisotopic (exact) mass is 327 g/mol. The molecule has 1 saturated heterocycles. The molecule has 19 heavy (non-hydrogen) atoms.